The first-order valence-electron chi connectivity index (χ1n) is 26.6. The van der Waals surface area contributed by atoms with E-state index in [4.69, 9.17) is 0 Å². The number of hydrogen-bond acceptors (Lipinski definition) is 4. The minimum Gasteiger partial charge on any atom is -0.391 e. The summed E-state index contributed by atoms with van der Waals surface area (Å²) >= 11 is 0. The number of rotatable bonds is 12. The molecule has 8 atom stereocenters. The Morgan fingerprint density at radius 1 is 0.338 bits per heavy atom. The molecule has 368 valence electrons. The van der Waals surface area contributed by atoms with Crippen molar-refractivity contribution in [2.45, 2.75) is 94.0 Å². The molecule has 0 aliphatic heterocycles. The molecular formula is C70H64O4. The summed E-state index contributed by atoms with van der Waals surface area (Å²) in [6.07, 6.45) is 0.528. The lowest BCUT2D eigenvalue weighted by molar-refractivity contribution is -0.0633. The van der Waals surface area contributed by atoms with Crippen LogP contribution in [0.5, 0.6) is 0 Å². The third-order valence-electron chi connectivity index (χ3n) is 18.0. The normalized spacial score (nSPS) is 21.0. The van der Waals surface area contributed by atoms with Gasteiger partial charge in [0.05, 0.1) is 29.8 Å². The smallest absolute Gasteiger partial charge is 0.0731 e. The van der Waals surface area contributed by atoms with Crippen molar-refractivity contribution in [3.63, 3.8) is 0 Å². The van der Waals surface area contributed by atoms with Crippen LogP contribution in [0.1, 0.15) is 97.6 Å². The molecular weight excluding hydrogens is 905 g/mol. The maximum Gasteiger partial charge on any atom is 0.0731 e. The third kappa shape index (κ3) is 7.56. The summed E-state index contributed by atoms with van der Waals surface area (Å²) in [5.74, 6) is -1.69. The lowest BCUT2D eigenvalue weighted by Crippen LogP contribution is -2.56. The van der Waals surface area contributed by atoms with Crippen LogP contribution in [0.15, 0.2) is 224 Å². The van der Waals surface area contributed by atoms with Gasteiger partial charge in [-0.25, -0.2) is 0 Å². The molecule has 0 fully saturated rings. The van der Waals surface area contributed by atoms with Crippen molar-refractivity contribution in [2.75, 3.05) is 0 Å². The molecule has 4 N–H and O–H groups in total. The monoisotopic (exact) mass is 968 g/mol. The molecule has 0 bridgehead atoms. The quantitative estimate of drug-likeness (QED) is 0.0983. The van der Waals surface area contributed by atoms with Gasteiger partial charge in [-0.2, -0.15) is 0 Å². The molecule has 0 spiro atoms. The van der Waals surface area contributed by atoms with Crippen molar-refractivity contribution >= 4 is 59.4 Å². The second-order valence-electron chi connectivity index (χ2n) is 21.8. The highest BCUT2D eigenvalue weighted by Gasteiger charge is 2.57. The second kappa shape index (κ2) is 18.9. The van der Waals surface area contributed by atoms with Gasteiger partial charge >= 0.3 is 0 Å². The Bertz CT molecular complexity index is 3620. The average Bonchev–Trinajstić information content (AvgIpc) is 3.47. The number of aliphatic hydroxyl groups is 4. The summed E-state index contributed by atoms with van der Waals surface area (Å²) < 4.78 is 0. The highest BCUT2D eigenvalue weighted by atomic mass is 16.3. The predicted octanol–water partition coefficient (Wildman–Crippen LogP) is 15.5. The Kier molecular flexibility index (Phi) is 12.2. The molecule has 10 aromatic carbocycles. The molecule has 4 nitrogen and oxygen atoms in total. The largest absolute Gasteiger partial charge is 0.391 e. The highest BCUT2D eigenvalue weighted by Crippen LogP contribution is 2.60. The van der Waals surface area contributed by atoms with Crippen LogP contribution in [-0.2, 0) is 5.41 Å². The van der Waals surface area contributed by atoms with E-state index in [1.807, 2.05) is 24.3 Å². The summed E-state index contributed by atoms with van der Waals surface area (Å²) in [7, 11) is 0. The number of allylic oxidation sites excluding steroid dienone is 3. The molecule has 12 rings (SSSR count). The van der Waals surface area contributed by atoms with E-state index < -0.39 is 58.9 Å². The van der Waals surface area contributed by atoms with Crippen molar-refractivity contribution in [1.82, 2.24) is 0 Å². The Hall–Kier alpha value is -7.18. The Morgan fingerprint density at radius 3 is 1.05 bits per heavy atom. The number of aliphatic hydroxyl groups excluding tert-OH is 4. The molecule has 0 aromatic heterocycles. The minimum absolute atomic E-state index is 0.284. The summed E-state index contributed by atoms with van der Waals surface area (Å²) in [6, 6.07) is 71.4. The summed E-state index contributed by atoms with van der Waals surface area (Å²) in [5, 5.41) is 66.1. The van der Waals surface area contributed by atoms with Gasteiger partial charge in [-0.05, 0) is 106 Å². The van der Waals surface area contributed by atoms with Gasteiger partial charge in [-0.1, -0.05) is 252 Å². The van der Waals surface area contributed by atoms with Crippen molar-refractivity contribution in [2.24, 2.45) is 5.41 Å². The van der Waals surface area contributed by atoms with E-state index in [0.717, 1.165) is 98.4 Å². The van der Waals surface area contributed by atoms with Crippen LogP contribution in [0, 0.1) is 5.41 Å². The lowest BCUT2D eigenvalue weighted by Gasteiger charge is -2.53. The van der Waals surface area contributed by atoms with E-state index in [0.29, 0.717) is 6.42 Å². The van der Waals surface area contributed by atoms with Gasteiger partial charge in [0.25, 0.3) is 0 Å². The van der Waals surface area contributed by atoms with Gasteiger partial charge in [-0.3, -0.25) is 0 Å². The summed E-state index contributed by atoms with van der Waals surface area (Å²) in [5.41, 5.74) is 5.43. The topological polar surface area (TPSA) is 80.9 Å². The zero-order chi connectivity index (χ0) is 50.9. The van der Waals surface area contributed by atoms with Gasteiger partial charge in [0.1, 0.15) is 0 Å². The molecule has 0 saturated heterocycles. The first-order valence-corrected chi connectivity index (χ1v) is 26.6. The van der Waals surface area contributed by atoms with E-state index in [1.54, 1.807) is 0 Å². The van der Waals surface area contributed by atoms with Crippen molar-refractivity contribution < 1.29 is 20.4 Å². The second-order valence-corrected chi connectivity index (χ2v) is 21.8. The molecule has 8 unspecified atom stereocenters. The van der Waals surface area contributed by atoms with Crippen LogP contribution in [0.25, 0.3) is 59.4 Å². The zero-order valence-corrected chi connectivity index (χ0v) is 42.6. The fourth-order valence-corrected chi connectivity index (χ4v) is 14.1. The van der Waals surface area contributed by atoms with Crippen molar-refractivity contribution in [3.8, 4) is 0 Å². The van der Waals surface area contributed by atoms with E-state index in [9.17, 15) is 20.4 Å². The van der Waals surface area contributed by atoms with Crippen LogP contribution < -0.4 is 0 Å². The number of fused-ring (bicyclic) bond motifs is 8. The van der Waals surface area contributed by atoms with E-state index in [2.05, 4.69) is 222 Å². The first kappa shape index (κ1) is 47.8. The predicted molar refractivity (Wildman–Crippen MR) is 307 cm³/mol. The van der Waals surface area contributed by atoms with E-state index in [1.165, 1.54) is 0 Å². The average molecular weight is 969 g/mol. The molecule has 0 radical (unpaired) electrons. The van der Waals surface area contributed by atoms with E-state index in [-0.39, 0.29) is 6.42 Å². The molecule has 74 heavy (non-hydrogen) atoms. The number of benzene rings is 10. The molecule has 0 heterocycles. The maximum absolute atomic E-state index is 14.1. The molecule has 10 aromatic rings. The lowest BCUT2D eigenvalue weighted by atomic mass is 9.53. The minimum atomic E-state index is -1.31. The van der Waals surface area contributed by atoms with Gasteiger partial charge in [-0.15, -0.1) is 0 Å². The molecule has 0 amide bonds. The van der Waals surface area contributed by atoms with Crippen molar-refractivity contribution in [3.05, 3.63) is 257 Å². The molecule has 4 heteroatoms. The van der Waals surface area contributed by atoms with Gasteiger partial charge in [0, 0.05) is 29.1 Å². The zero-order valence-electron chi connectivity index (χ0n) is 42.6. The van der Waals surface area contributed by atoms with Gasteiger partial charge in [0.15, 0.2) is 0 Å². The van der Waals surface area contributed by atoms with Gasteiger partial charge < -0.3 is 20.4 Å². The first-order chi connectivity index (χ1) is 36.0. The van der Waals surface area contributed by atoms with Crippen LogP contribution in [0.4, 0.5) is 0 Å². The van der Waals surface area contributed by atoms with Crippen LogP contribution in [0.3, 0.4) is 0 Å². The fourth-order valence-electron chi connectivity index (χ4n) is 14.1. The van der Waals surface area contributed by atoms with Gasteiger partial charge in [0.2, 0.25) is 0 Å². The molecule has 0 saturated carbocycles. The third-order valence-corrected chi connectivity index (χ3v) is 18.0. The Balaban J connectivity index is 1.09. The standard InChI is InChI=1S/C70H64O4/c1-43(53-33-15-24-47-19-5-10-28-57(47)53)65(71)69(66(72)44(2)54-34-16-25-48-20-6-11-29-58(48)54)40-39-61-52(41-69)42-70(64-62-32-14-9-23-51(62)37-38-63(61)64,67(73)45(3)55-35-17-26-49-21-7-12-30-59(49)55)68(74)46(4)56-36-18-27-50-22-8-13-31-60(50)56/h5-40,43-46,65-68,71-74H,41-42H2,1-4H3. The van der Waals surface area contributed by atoms with Crippen LogP contribution in [-0.4, -0.2) is 44.8 Å². The highest BCUT2D eigenvalue weighted by molar-refractivity contribution is 5.97. The molecule has 2 aliphatic carbocycles. The summed E-state index contributed by atoms with van der Waals surface area (Å²) in [4.78, 5) is 0. The number of hydrogen-bond donors (Lipinski definition) is 4. The van der Waals surface area contributed by atoms with Crippen LogP contribution in [0.2, 0.25) is 0 Å². The fraction of sp³-hybridized carbons (Fsp3) is 0.229. The van der Waals surface area contributed by atoms with Crippen LogP contribution >= 0.6 is 0 Å². The SMILES string of the molecule is CC(c1cccc2ccccc12)C(O)C1(C(O)C(C)c2cccc3ccccc23)C=CC2=C(C1)CC(C(O)C(C)c1cccc3ccccc13)(C(O)C(C)c1cccc3ccccc13)c1c2ccc2ccccc12. The maximum atomic E-state index is 14.1. The van der Waals surface area contributed by atoms with E-state index >= 15 is 0 Å². The Morgan fingerprint density at radius 2 is 0.662 bits per heavy atom. The Labute approximate surface area is 434 Å². The van der Waals surface area contributed by atoms with Crippen molar-refractivity contribution in [1.29, 1.82) is 0 Å². The summed E-state index contributed by atoms with van der Waals surface area (Å²) in [6.45, 7) is 8.43. The molecule has 2 aliphatic rings.